The number of fused-ring (bicyclic) bond motifs is 5. The molecule has 34 heavy (non-hydrogen) atoms. The fourth-order valence-electron chi connectivity index (χ4n) is 5.50. The monoisotopic (exact) mass is 519 g/mol. The van der Waals surface area contributed by atoms with Crippen LogP contribution in [-0.4, -0.2) is 42.9 Å². The lowest BCUT2D eigenvalue weighted by molar-refractivity contribution is -0.0331. The van der Waals surface area contributed by atoms with Crippen molar-refractivity contribution in [3.63, 3.8) is 0 Å². The van der Waals surface area contributed by atoms with Gasteiger partial charge in [0, 0.05) is 10.4 Å². The predicted octanol–water partition coefficient (Wildman–Crippen LogP) is 6.39. The maximum atomic E-state index is 14.0. The van der Waals surface area contributed by atoms with Crippen molar-refractivity contribution in [2.75, 3.05) is 19.8 Å². The highest BCUT2D eigenvalue weighted by molar-refractivity contribution is 9.10. The van der Waals surface area contributed by atoms with E-state index in [4.69, 9.17) is 9.47 Å². The van der Waals surface area contributed by atoms with Gasteiger partial charge in [0.15, 0.2) is 0 Å². The quantitative estimate of drug-likeness (QED) is 0.402. The van der Waals surface area contributed by atoms with Gasteiger partial charge in [-0.25, -0.2) is 9.18 Å². The molecule has 6 rings (SSSR count). The Morgan fingerprint density at radius 1 is 1.03 bits per heavy atom. The number of ether oxygens (including phenoxy) is 2. The predicted molar refractivity (Wildman–Crippen MR) is 132 cm³/mol. The largest absolute Gasteiger partial charge is 0.448 e. The highest BCUT2D eigenvalue weighted by atomic mass is 79.9. The van der Waals surface area contributed by atoms with Crippen molar-refractivity contribution >= 4 is 27.6 Å². The fraction of sp³-hybridized carbons (Fsp3) is 0.250. The molecule has 0 aromatic heterocycles. The van der Waals surface area contributed by atoms with Gasteiger partial charge in [0.05, 0.1) is 25.3 Å². The van der Waals surface area contributed by atoms with Crippen molar-refractivity contribution in [1.29, 1.82) is 0 Å². The molecule has 2 aliphatic heterocycles. The molecule has 1 aliphatic carbocycles. The summed E-state index contributed by atoms with van der Waals surface area (Å²) in [5, 5.41) is 0. The first-order chi connectivity index (χ1) is 16.6. The standard InChI is InChI=1S/C28H23BrFNO3/c29-19-9-17(10-20(30)13-19)18-11-21-14-33-15-22(12-18)31(21)28(32)34-16-27-25-7-3-1-5-23(25)24-6-2-4-8-26(24)27/h1-11,13,21-22,27H,12,14-16H2. The number of hydrogen-bond donors (Lipinski definition) is 0. The van der Waals surface area contributed by atoms with E-state index in [0.717, 1.165) is 11.1 Å². The highest BCUT2D eigenvalue weighted by Gasteiger charge is 2.40. The Morgan fingerprint density at radius 3 is 2.41 bits per heavy atom. The van der Waals surface area contributed by atoms with E-state index in [9.17, 15) is 9.18 Å². The van der Waals surface area contributed by atoms with Crippen LogP contribution < -0.4 is 0 Å². The summed E-state index contributed by atoms with van der Waals surface area (Å²) in [7, 11) is 0. The third-order valence-corrected chi connectivity index (χ3v) is 7.44. The van der Waals surface area contributed by atoms with E-state index in [-0.39, 0.29) is 36.5 Å². The molecule has 1 saturated heterocycles. The van der Waals surface area contributed by atoms with Crippen LogP contribution in [0.3, 0.4) is 0 Å². The van der Waals surface area contributed by atoms with Crippen LogP contribution in [0.5, 0.6) is 0 Å². The van der Waals surface area contributed by atoms with Crippen LogP contribution in [0.4, 0.5) is 9.18 Å². The molecule has 0 saturated carbocycles. The third kappa shape index (κ3) is 3.75. The number of carbonyl (C=O) groups is 1. The van der Waals surface area contributed by atoms with Crippen LogP contribution >= 0.6 is 15.9 Å². The first-order valence-corrected chi connectivity index (χ1v) is 12.3. The van der Waals surface area contributed by atoms with Crippen LogP contribution in [0.2, 0.25) is 0 Å². The van der Waals surface area contributed by atoms with Gasteiger partial charge in [-0.3, -0.25) is 4.90 Å². The van der Waals surface area contributed by atoms with Gasteiger partial charge >= 0.3 is 6.09 Å². The molecule has 0 radical (unpaired) electrons. The molecule has 3 aromatic rings. The van der Waals surface area contributed by atoms with E-state index in [1.165, 1.54) is 34.4 Å². The van der Waals surface area contributed by atoms with Gasteiger partial charge in [0.2, 0.25) is 0 Å². The molecule has 0 spiro atoms. The van der Waals surface area contributed by atoms with Gasteiger partial charge in [-0.05, 0) is 58.0 Å². The number of halogens is 2. The number of morpholine rings is 1. The van der Waals surface area contributed by atoms with Gasteiger partial charge in [0.1, 0.15) is 12.4 Å². The van der Waals surface area contributed by atoms with Crippen molar-refractivity contribution in [2.45, 2.75) is 24.4 Å². The van der Waals surface area contributed by atoms with E-state index in [1.54, 1.807) is 4.90 Å². The van der Waals surface area contributed by atoms with Crippen molar-refractivity contribution in [3.8, 4) is 11.1 Å². The second-order valence-corrected chi connectivity index (χ2v) is 9.94. The Balaban J connectivity index is 1.22. The summed E-state index contributed by atoms with van der Waals surface area (Å²) >= 11 is 3.38. The van der Waals surface area contributed by atoms with Crippen LogP contribution in [0.15, 0.2) is 77.3 Å². The van der Waals surface area contributed by atoms with Gasteiger partial charge in [-0.1, -0.05) is 70.5 Å². The lowest BCUT2D eigenvalue weighted by Gasteiger charge is -2.44. The van der Waals surface area contributed by atoms with E-state index >= 15 is 0 Å². The lowest BCUT2D eigenvalue weighted by Crippen LogP contribution is -2.56. The van der Waals surface area contributed by atoms with Gasteiger partial charge in [0.25, 0.3) is 0 Å². The van der Waals surface area contributed by atoms with Gasteiger partial charge in [-0.2, -0.15) is 0 Å². The van der Waals surface area contributed by atoms with Crippen LogP contribution in [0.25, 0.3) is 16.7 Å². The first-order valence-electron chi connectivity index (χ1n) is 11.5. The van der Waals surface area contributed by atoms with Crippen LogP contribution in [0, 0.1) is 5.82 Å². The average molecular weight is 520 g/mol. The lowest BCUT2D eigenvalue weighted by atomic mass is 9.90. The zero-order valence-electron chi connectivity index (χ0n) is 18.4. The maximum Gasteiger partial charge on any atom is 0.410 e. The van der Waals surface area contributed by atoms with E-state index in [1.807, 2.05) is 36.4 Å². The maximum absolute atomic E-state index is 14.0. The number of benzene rings is 3. The third-order valence-electron chi connectivity index (χ3n) is 6.98. The molecular formula is C28H23BrFNO3. The number of hydrogen-bond acceptors (Lipinski definition) is 3. The molecule has 4 nitrogen and oxygen atoms in total. The van der Waals surface area contributed by atoms with Crippen molar-refractivity contribution in [1.82, 2.24) is 4.90 Å². The topological polar surface area (TPSA) is 38.8 Å². The van der Waals surface area contributed by atoms with Gasteiger partial charge < -0.3 is 9.47 Å². The summed E-state index contributed by atoms with van der Waals surface area (Å²) in [4.78, 5) is 15.1. The zero-order valence-corrected chi connectivity index (χ0v) is 20.0. The zero-order chi connectivity index (χ0) is 23.2. The Bertz CT molecular complexity index is 1240. The minimum absolute atomic E-state index is 0.0213. The molecule has 2 heterocycles. The molecule has 1 fully saturated rings. The van der Waals surface area contributed by atoms with Crippen molar-refractivity contribution in [3.05, 3.63) is 99.8 Å². The normalized spacial score (nSPS) is 21.0. The summed E-state index contributed by atoms with van der Waals surface area (Å²) in [5.41, 5.74) is 6.65. The van der Waals surface area contributed by atoms with E-state index in [2.05, 4.69) is 40.2 Å². The Kier molecular flexibility index (Phi) is 5.50. The Morgan fingerprint density at radius 2 is 1.74 bits per heavy atom. The molecule has 3 aliphatic rings. The Labute approximate surface area is 206 Å². The SMILES string of the molecule is O=C(OCC1c2ccccc2-c2ccccc21)N1C2C=C(c3cc(F)cc(Br)c3)CC1COC2. The average Bonchev–Trinajstić information content (AvgIpc) is 3.15. The molecule has 3 aromatic carbocycles. The fourth-order valence-corrected chi connectivity index (χ4v) is 5.97. The number of rotatable bonds is 3. The smallest absolute Gasteiger partial charge is 0.410 e. The number of amides is 1. The summed E-state index contributed by atoms with van der Waals surface area (Å²) in [6.07, 6.45) is 2.28. The number of carbonyl (C=O) groups excluding carboxylic acids is 1. The molecule has 0 N–H and O–H groups in total. The molecular weight excluding hydrogens is 497 g/mol. The Hall–Kier alpha value is -2.96. The molecule has 6 heteroatoms. The minimum atomic E-state index is -0.323. The molecule has 2 unspecified atom stereocenters. The molecule has 2 bridgehead atoms. The first kappa shape index (κ1) is 21.6. The van der Waals surface area contributed by atoms with E-state index < -0.39 is 0 Å². The molecule has 1 amide bonds. The summed E-state index contributed by atoms with van der Waals surface area (Å²) < 4.78 is 26.3. The second kappa shape index (κ2) is 8.67. The molecule has 2 atom stereocenters. The van der Waals surface area contributed by atoms with Crippen molar-refractivity contribution < 1.29 is 18.7 Å². The number of nitrogens with zero attached hydrogens (tertiary/aromatic N) is 1. The van der Waals surface area contributed by atoms with Crippen molar-refractivity contribution in [2.24, 2.45) is 0 Å². The second-order valence-electron chi connectivity index (χ2n) is 9.02. The summed E-state index contributed by atoms with van der Waals surface area (Å²) in [6.45, 7) is 1.13. The summed E-state index contributed by atoms with van der Waals surface area (Å²) in [6, 6.07) is 21.1. The van der Waals surface area contributed by atoms with Gasteiger partial charge in [-0.15, -0.1) is 0 Å². The van der Waals surface area contributed by atoms with Crippen LogP contribution in [0.1, 0.15) is 29.0 Å². The minimum Gasteiger partial charge on any atom is -0.448 e. The summed E-state index contributed by atoms with van der Waals surface area (Å²) in [5.74, 6) is -0.265. The molecule has 172 valence electrons. The van der Waals surface area contributed by atoms with Crippen LogP contribution in [-0.2, 0) is 9.47 Å². The van der Waals surface area contributed by atoms with E-state index in [0.29, 0.717) is 24.1 Å². The highest BCUT2D eigenvalue weighted by Crippen LogP contribution is 2.44.